The van der Waals surface area contributed by atoms with Crippen LogP contribution < -0.4 is 0 Å². The van der Waals surface area contributed by atoms with Crippen LogP contribution in [-0.4, -0.2) is 53.2 Å². The van der Waals surface area contributed by atoms with Gasteiger partial charge in [0.05, 0.1) is 31.3 Å². The Kier molecular flexibility index (Phi) is 2.96. The molecule has 4 atom stereocenters. The van der Waals surface area contributed by atoms with Gasteiger partial charge in [-0.05, 0) is 13.0 Å². The number of hydrogen-bond donors (Lipinski definition) is 1. The van der Waals surface area contributed by atoms with Crippen molar-refractivity contribution in [3.05, 3.63) is 29.3 Å². The summed E-state index contributed by atoms with van der Waals surface area (Å²) in [5, 5.41) is 10.0. The molecule has 0 saturated carbocycles. The van der Waals surface area contributed by atoms with Gasteiger partial charge in [0.1, 0.15) is 5.75 Å². The summed E-state index contributed by atoms with van der Waals surface area (Å²) in [6.45, 7) is 1.64. The van der Waals surface area contributed by atoms with E-state index in [-0.39, 0.29) is 35.5 Å². The van der Waals surface area contributed by atoms with Crippen molar-refractivity contribution in [3.8, 4) is 5.75 Å². The van der Waals surface area contributed by atoms with Crippen molar-refractivity contribution < 1.29 is 33.7 Å². The first-order valence-corrected chi connectivity index (χ1v) is 7.71. The van der Waals surface area contributed by atoms with Crippen molar-refractivity contribution in [3.63, 3.8) is 0 Å². The van der Waals surface area contributed by atoms with E-state index in [2.05, 4.69) is 4.74 Å². The van der Waals surface area contributed by atoms with E-state index in [0.29, 0.717) is 0 Å². The second-order valence-corrected chi connectivity index (χ2v) is 6.41. The molecule has 0 radical (unpaired) electrons. The van der Waals surface area contributed by atoms with Crippen LogP contribution in [0, 0.1) is 0 Å². The Labute approximate surface area is 137 Å². The van der Waals surface area contributed by atoms with Gasteiger partial charge in [-0.2, -0.15) is 0 Å². The van der Waals surface area contributed by atoms with Crippen LogP contribution in [0.5, 0.6) is 5.75 Å². The lowest BCUT2D eigenvalue weighted by molar-refractivity contribution is -0.146. The van der Waals surface area contributed by atoms with Crippen molar-refractivity contribution in [2.75, 3.05) is 7.11 Å². The molecule has 126 valence electrons. The molecule has 7 heteroatoms. The van der Waals surface area contributed by atoms with Crippen LogP contribution in [0.1, 0.15) is 40.5 Å². The number of phenolic OH excluding ortho intramolecular Hbond substituents is 1. The van der Waals surface area contributed by atoms with Crippen molar-refractivity contribution in [2.45, 2.75) is 43.2 Å². The van der Waals surface area contributed by atoms with Gasteiger partial charge in [0.15, 0.2) is 17.0 Å². The molecule has 1 aliphatic carbocycles. The third kappa shape index (κ3) is 1.61. The van der Waals surface area contributed by atoms with E-state index in [0.717, 1.165) is 0 Å². The minimum atomic E-state index is -1.41. The fraction of sp³-hybridized carbons (Fsp3) is 0.471. The smallest absolute Gasteiger partial charge is 0.308 e. The van der Waals surface area contributed by atoms with Crippen molar-refractivity contribution >= 4 is 17.5 Å². The number of carbonyl (C=O) groups excluding carboxylic acids is 3. The number of hydrogen-bond acceptors (Lipinski definition) is 7. The second kappa shape index (κ2) is 4.64. The van der Waals surface area contributed by atoms with E-state index < -0.39 is 35.2 Å². The van der Waals surface area contributed by atoms with Crippen LogP contribution in [0.3, 0.4) is 0 Å². The van der Waals surface area contributed by atoms with Gasteiger partial charge >= 0.3 is 5.97 Å². The van der Waals surface area contributed by atoms with Gasteiger partial charge in [0, 0.05) is 12.0 Å². The SMILES string of the molecule is COC(=O)C[C@@H]1C[C@]23O[C@@]2(C(=O)c2c(O)cccc2C3=O)[C@H](C)O1. The zero-order valence-corrected chi connectivity index (χ0v) is 13.2. The van der Waals surface area contributed by atoms with Crippen LogP contribution in [-0.2, 0) is 19.0 Å². The minimum Gasteiger partial charge on any atom is -0.507 e. The highest BCUT2D eigenvalue weighted by atomic mass is 16.7. The second-order valence-electron chi connectivity index (χ2n) is 6.41. The summed E-state index contributed by atoms with van der Waals surface area (Å²) in [5.41, 5.74) is -2.60. The number of methoxy groups -OCH3 is 1. The number of rotatable bonds is 2. The Morgan fingerprint density at radius 3 is 2.83 bits per heavy atom. The third-order valence-corrected chi connectivity index (χ3v) is 5.22. The molecule has 0 amide bonds. The van der Waals surface area contributed by atoms with Crippen molar-refractivity contribution in [2.24, 2.45) is 0 Å². The zero-order valence-electron chi connectivity index (χ0n) is 13.2. The monoisotopic (exact) mass is 332 g/mol. The summed E-state index contributed by atoms with van der Waals surface area (Å²) in [4.78, 5) is 37.5. The van der Waals surface area contributed by atoms with Crippen LogP contribution in [0.25, 0.3) is 0 Å². The van der Waals surface area contributed by atoms with Crippen LogP contribution in [0.4, 0.5) is 0 Å². The largest absolute Gasteiger partial charge is 0.507 e. The molecule has 24 heavy (non-hydrogen) atoms. The number of Topliss-reactive ketones (excluding diaryl/α,β-unsaturated/α-hetero) is 2. The molecule has 0 bridgehead atoms. The Bertz CT molecular complexity index is 785. The Hall–Kier alpha value is -2.25. The summed E-state index contributed by atoms with van der Waals surface area (Å²) in [7, 11) is 1.28. The van der Waals surface area contributed by atoms with Crippen LogP contribution in [0.15, 0.2) is 18.2 Å². The number of carbonyl (C=O) groups is 3. The highest BCUT2D eigenvalue weighted by molar-refractivity contribution is 6.26. The van der Waals surface area contributed by atoms with E-state index in [9.17, 15) is 19.5 Å². The normalized spacial score (nSPS) is 36.4. The maximum absolute atomic E-state index is 13.0. The quantitative estimate of drug-likeness (QED) is 0.637. The summed E-state index contributed by atoms with van der Waals surface area (Å²) in [5.74, 6) is -1.49. The summed E-state index contributed by atoms with van der Waals surface area (Å²) < 4.78 is 16.2. The molecule has 1 aromatic rings. The first-order valence-electron chi connectivity index (χ1n) is 7.71. The van der Waals surface area contributed by atoms with E-state index in [1.807, 2.05) is 0 Å². The number of esters is 1. The van der Waals surface area contributed by atoms with Gasteiger partial charge in [-0.25, -0.2) is 0 Å². The predicted octanol–water partition coefficient (Wildman–Crippen LogP) is 1.02. The maximum Gasteiger partial charge on any atom is 0.308 e. The van der Waals surface area contributed by atoms with E-state index in [4.69, 9.17) is 9.47 Å². The first kappa shape index (κ1) is 15.3. The Balaban J connectivity index is 1.78. The number of ketones is 2. The van der Waals surface area contributed by atoms with Crippen LogP contribution in [0.2, 0.25) is 0 Å². The summed E-state index contributed by atoms with van der Waals surface area (Å²) >= 11 is 0. The minimum absolute atomic E-state index is 0.0162. The molecule has 1 aromatic carbocycles. The van der Waals surface area contributed by atoms with E-state index in [1.54, 1.807) is 6.92 Å². The number of phenols is 1. The molecular weight excluding hydrogens is 316 g/mol. The molecule has 1 N–H and O–H groups in total. The molecule has 3 aliphatic rings. The number of aromatic hydroxyl groups is 1. The number of fused-ring (bicyclic) bond motifs is 1. The molecule has 2 fully saturated rings. The Morgan fingerprint density at radius 2 is 2.12 bits per heavy atom. The van der Waals surface area contributed by atoms with Crippen LogP contribution >= 0.6 is 0 Å². The lowest BCUT2D eigenvalue weighted by Crippen LogP contribution is -2.57. The van der Waals surface area contributed by atoms with E-state index in [1.165, 1.54) is 25.3 Å². The van der Waals surface area contributed by atoms with Gasteiger partial charge in [-0.1, -0.05) is 12.1 Å². The van der Waals surface area contributed by atoms with Gasteiger partial charge < -0.3 is 19.3 Å². The number of epoxide rings is 1. The van der Waals surface area contributed by atoms with E-state index >= 15 is 0 Å². The lowest BCUT2D eigenvalue weighted by atomic mass is 9.68. The standard InChI is InChI=1S/C17H16O7/c1-8-17-15(21)13-10(4-3-5-11(13)18)14(20)16(17,24-17)7-9(23-8)6-12(19)22-2/h3-5,8-9,18H,6-7H2,1-2H3/t8-,9+,16+,17+/m0/s1. The molecule has 4 rings (SSSR count). The fourth-order valence-corrected chi connectivity index (χ4v) is 4.09. The summed E-state index contributed by atoms with van der Waals surface area (Å²) in [6.07, 6.45) is -1.20. The average molecular weight is 332 g/mol. The van der Waals surface area contributed by atoms with Crippen molar-refractivity contribution in [1.29, 1.82) is 0 Å². The average Bonchev–Trinajstić information content (AvgIpc) is 3.25. The third-order valence-electron chi connectivity index (χ3n) is 5.22. The number of ether oxygens (including phenoxy) is 3. The fourth-order valence-electron chi connectivity index (χ4n) is 4.09. The molecular formula is C17H16O7. The zero-order chi connectivity index (χ0) is 17.3. The molecule has 0 aromatic heterocycles. The predicted molar refractivity (Wildman–Crippen MR) is 78.9 cm³/mol. The molecule has 2 heterocycles. The first-order chi connectivity index (χ1) is 11.4. The molecule has 2 aliphatic heterocycles. The maximum atomic E-state index is 13.0. The molecule has 2 saturated heterocycles. The number of benzene rings is 1. The van der Waals surface area contributed by atoms with Crippen molar-refractivity contribution in [1.82, 2.24) is 0 Å². The topological polar surface area (TPSA) is 102 Å². The molecule has 0 spiro atoms. The molecule has 0 unspecified atom stereocenters. The van der Waals surface area contributed by atoms with Gasteiger partial charge in [-0.3, -0.25) is 14.4 Å². The summed E-state index contributed by atoms with van der Waals surface area (Å²) in [6, 6.07) is 4.38. The van der Waals surface area contributed by atoms with Gasteiger partial charge in [0.2, 0.25) is 5.78 Å². The molecule has 7 nitrogen and oxygen atoms in total. The lowest BCUT2D eigenvalue weighted by Gasteiger charge is -2.36. The highest BCUT2D eigenvalue weighted by Gasteiger charge is 2.85. The van der Waals surface area contributed by atoms with Gasteiger partial charge in [-0.15, -0.1) is 0 Å². The van der Waals surface area contributed by atoms with Gasteiger partial charge in [0.25, 0.3) is 0 Å². The Morgan fingerprint density at radius 1 is 1.38 bits per heavy atom. The highest BCUT2D eigenvalue weighted by Crippen LogP contribution is 2.63.